The first-order chi connectivity index (χ1) is 13.1. The molecule has 1 unspecified atom stereocenters. The molecule has 4 rings (SSSR count). The Kier molecular flexibility index (Phi) is 5.27. The number of rotatable bonds is 2. The van der Waals surface area contributed by atoms with Crippen LogP contribution in [0.1, 0.15) is 106 Å². The van der Waals surface area contributed by atoms with Crippen molar-refractivity contribution in [3.63, 3.8) is 0 Å². The highest BCUT2D eigenvalue weighted by Crippen LogP contribution is 2.71. The van der Waals surface area contributed by atoms with Crippen molar-refractivity contribution in [2.75, 3.05) is 6.61 Å². The second kappa shape index (κ2) is 6.98. The van der Waals surface area contributed by atoms with Crippen LogP contribution in [0.4, 0.5) is 0 Å². The van der Waals surface area contributed by atoms with E-state index >= 15 is 0 Å². The highest BCUT2D eigenvalue weighted by Gasteiger charge is 2.67. The van der Waals surface area contributed by atoms with Crippen molar-refractivity contribution >= 4 is 0 Å². The minimum Gasteiger partial charge on any atom is -0.390 e. The molecule has 1 heterocycles. The van der Waals surface area contributed by atoms with Gasteiger partial charge in [0, 0.05) is 0 Å². The van der Waals surface area contributed by atoms with Crippen molar-refractivity contribution in [1.82, 2.24) is 0 Å². The highest BCUT2D eigenvalue weighted by atomic mass is 16.5. The first-order valence-corrected chi connectivity index (χ1v) is 12.5. The third-order valence-electron chi connectivity index (χ3n) is 11.2. The smallest absolute Gasteiger partial charge is 0.0945 e. The fraction of sp³-hybridized carbons (Fsp3) is 1.00. The molecular weight excluding hydrogens is 344 g/mol. The summed E-state index contributed by atoms with van der Waals surface area (Å²) in [6.45, 7) is 15.6. The quantitative estimate of drug-likeness (QED) is 0.575. The second-order valence-corrected chi connectivity index (χ2v) is 12.2. The zero-order valence-electron chi connectivity index (χ0n) is 19.5. The van der Waals surface area contributed by atoms with Crippen molar-refractivity contribution in [3.05, 3.63) is 0 Å². The highest BCUT2D eigenvalue weighted by molar-refractivity contribution is 5.16. The Bertz CT molecular complexity index is 589. The van der Waals surface area contributed by atoms with Gasteiger partial charge in [0.05, 0.1) is 18.3 Å². The first kappa shape index (κ1) is 21.2. The van der Waals surface area contributed by atoms with Gasteiger partial charge in [-0.2, -0.15) is 0 Å². The molecule has 162 valence electrons. The molecule has 1 saturated heterocycles. The summed E-state index contributed by atoms with van der Waals surface area (Å²) >= 11 is 0. The van der Waals surface area contributed by atoms with Crippen molar-refractivity contribution in [2.45, 2.75) is 117 Å². The molecule has 0 aromatic carbocycles. The third-order valence-corrected chi connectivity index (χ3v) is 11.2. The average molecular weight is 391 g/mol. The maximum atomic E-state index is 11.5. The zero-order valence-corrected chi connectivity index (χ0v) is 19.5. The number of ether oxygens (including phenoxy) is 1. The molecule has 3 aliphatic carbocycles. The largest absolute Gasteiger partial charge is 0.390 e. The molecule has 0 spiro atoms. The Morgan fingerprint density at radius 1 is 0.857 bits per heavy atom. The van der Waals surface area contributed by atoms with Crippen molar-refractivity contribution in [3.8, 4) is 0 Å². The summed E-state index contributed by atoms with van der Waals surface area (Å²) in [6.07, 6.45) is 12.5. The summed E-state index contributed by atoms with van der Waals surface area (Å²) in [5, 5.41) is 11.5. The average Bonchev–Trinajstić information content (AvgIpc) is 2.84. The lowest BCUT2D eigenvalue weighted by atomic mass is 9.37. The summed E-state index contributed by atoms with van der Waals surface area (Å²) < 4.78 is 6.61. The van der Waals surface area contributed by atoms with E-state index in [1.165, 1.54) is 57.8 Å². The van der Waals surface area contributed by atoms with Crippen LogP contribution in [0.2, 0.25) is 0 Å². The summed E-state index contributed by atoms with van der Waals surface area (Å²) in [7, 11) is 0. The van der Waals surface area contributed by atoms with Gasteiger partial charge in [-0.05, 0) is 91.8 Å². The van der Waals surface area contributed by atoms with Crippen molar-refractivity contribution < 1.29 is 9.84 Å². The summed E-state index contributed by atoms with van der Waals surface area (Å²) in [4.78, 5) is 0. The molecule has 1 aliphatic heterocycles. The van der Waals surface area contributed by atoms with Crippen LogP contribution in [0.3, 0.4) is 0 Å². The number of aliphatic hydroxyl groups is 1. The van der Waals surface area contributed by atoms with Gasteiger partial charge < -0.3 is 9.84 Å². The standard InChI is InChI=1S/C26H46O2/c1-7-18-10-11-20-25(5)15-12-19-23(3,8-2)13-9-14-24(19,4)21(25)16-22(27)26(20,6)28-17-18/h18-22,27H,7-17H2,1-6H3/t18?,19-,20-,21+,22-,23-,24-,25-,26+/m0/s1. The Morgan fingerprint density at radius 2 is 1.57 bits per heavy atom. The van der Waals surface area contributed by atoms with Crippen LogP contribution >= 0.6 is 0 Å². The monoisotopic (exact) mass is 390 g/mol. The van der Waals surface area contributed by atoms with Crippen LogP contribution in [0.5, 0.6) is 0 Å². The van der Waals surface area contributed by atoms with E-state index in [-0.39, 0.29) is 11.7 Å². The van der Waals surface area contributed by atoms with Gasteiger partial charge in [0.25, 0.3) is 0 Å². The fourth-order valence-corrected chi connectivity index (χ4v) is 9.14. The van der Waals surface area contributed by atoms with E-state index in [0.29, 0.717) is 34.0 Å². The summed E-state index contributed by atoms with van der Waals surface area (Å²) in [6, 6.07) is 0. The zero-order chi connectivity index (χ0) is 20.4. The molecule has 3 saturated carbocycles. The van der Waals surface area contributed by atoms with Crippen LogP contribution < -0.4 is 0 Å². The van der Waals surface area contributed by atoms with E-state index in [2.05, 4.69) is 41.5 Å². The van der Waals surface area contributed by atoms with Crippen LogP contribution in [0.15, 0.2) is 0 Å². The van der Waals surface area contributed by atoms with Gasteiger partial charge in [0.2, 0.25) is 0 Å². The summed E-state index contributed by atoms with van der Waals surface area (Å²) in [5.74, 6) is 2.63. The van der Waals surface area contributed by atoms with Crippen LogP contribution in [-0.2, 0) is 4.74 Å². The Hall–Kier alpha value is -0.0800. The first-order valence-electron chi connectivity index (χ1n) is 12.5. The third kappa shape index (κ3) is 2.79. The lowest BCUT2D eigenvalue weighted by Gasteiger charge is -2.69. The number of fused-ring (bicyclic) bond motifs is 5. The van der Waals surface area contributed by atoms with E-state index in [1.54, 1.807) is 0 Å². The van der Waals surface area contributed by atoms with E-state index in [1.807, 2.05) is 0 Å². The van der Waals surface area contributed by atoms with Gasteiger partial charge in [-0.3, -0.25) is 0 Å². The van der Waals surface area contributed by atoms with Gasteiger partial charge in [-0.25, -0.2) is 0 Å². The Morgan fingerprint density at radius 3 is 2.25 bits per heavy atom. The van der Waals surface area contributed by atoms with E-state index in [9.17, 15) is 5.11 Å². The fourth-order valence-electron chi connectivity index (χ4n) is 9.14. The van der Waals surface area contributed by atoms with Crippen LogP contribution in [0, 0.1) is 39.9 Å². The van der Waals surface area contributed by atoms with Gasteiger partial charge in [-0.1, -0.05) is 53.9 Å². The maximum absolute atomic E-state index is 11.5. The summed E-state index contributed by atoms with van der Waals surface area (Å²) in [5.41, 5.74) is 0.844. The molecule has 0 radical (unpaired) electrons. The van der Waals surface area contributed by atoms with Gasteiger partial charge in [0.15, 0.2) is 0 Å². The Balaban J connectivity index is 1.72. The molecule has 4 fully saturated rings. The predicted octanol–water partition coefficient (Wildman–Crippen LogP) is 6.60. The number of hydrogen-bond donors (Lipinski definition) is 1. The molecule has 0 bridgehead atoms. The van der Waals surface area contributed by atoms with E-state index in [4.69, 9.17) is 4.74 Å². The Labute approximate surface area is 174 Å². The topological polar surface area (TPSA) is 29.5 Å². The second-order valence-electron chi connectivity index (χ2n) is 12.2. The molecule has 9 atom stereocenters. The minimum atomic E-state index is -0.346. The minimum absolute atomic E-state index is 0.309. The van der Waals surface area contributed by atoms with Gasteiger partial charge >= 0.3 is 0 Å². The maximum Gasteiger partial charge on any atom is 0.0945 e. The van der Waals surface area contributed by atoms with Crippen molar-refractivity contribution in [1.29, 1.82) is 0 Å². The molecule has 2 nitrogen and oxygen atoms in total. The number of hydrogen-bond acceptors (Lipinski definition) is 2. The lowest BCUT2D eigenvalue weighted by molar-refractivity contribution is -0.259. The van der Waals surface area contributed by atoms with Gasteiger partial charge in [-0.15, -0.1) is 0 Å². The predicted molar refractivity (Wildman–Crippen MR) is 116 cm³/mol. The molecule has 1 N–H and O–H groups in total. The molecule has 0 aromatic heterocycles. The molecule has 4 aliphatic rings. The van der Waals surface area contributed by atoms with Gasteiger partial charge in [0.1, 0.15) is 0 Å². The lowest BCUT2D eigenvalue weighted by Crippen LogP contribution is -2.67. The SMILES string of the molecule is CCC1CC[C@H]2[C@]3(C)CC[C@H]4[C@@](C)(CC)CCC[C@]4(C)[C@H]3C[C@H](O)[C@]2(C)OC1. The molecule has 2 heteroatoms. The van der Waals surface area contributed by atoms with E-state index < -0.39 is 0 Å². The number of aliphatic hydroxyl groups excluding tert-OH is 1. The normalized spacial score (nSPS) is 56.9. The molecule has 28 heavy (non-hydrogen) atoms. The molecule has 0 aromatic rings. The van der Waals surface area contributed by atoms with Crippen molar-refractivity contribution in [2.24, 2.45) is 39.9 Å². The van der Waals surface area contributed by atoms with E-state index in [0.717, 1.165) is 18.9 Å². The molecule has 0 amide bonds. The van der Waals surface area contributed by atoms with Crippen LogP contribution in [-0.4, -0.2) is 23.4 Å². The van der Waals surface area contributed by atoms with Crippen LogP contribution in [0.25, 0.3) is 0 Å². The molecular formula is C26H46O2.